The highest BCUT2D eigenvalue weighted by Gasteiger charge is 2.28. The first kappa shape index (κ1) is 8.97. The first-order valence-corrected chi connectivity index (χ1v) is 4.33. The van der Waals surface area contributed by atoms with E-state index in [1.807, 2.05) is 5.01 Å². The summed E-state index contributed by atoms with van der Waals surface area (Å²) < 4.78 is 5.33. The van der Waals surface area contributed by atoms with E-state index in [-0.39, 0.29) is 0 Å². The number of hydrazine groups is 1. The van der Waals surface area contributed by atoms with Crippen LogP contribution in [0.2, 0.25) is 0 Å². The second-order valence-electron chi connectivity index (χ2n) is 3.13. The minimum atomic E-state index is 0.322. The fourth-order valence-electron chi connectivity index (χ4n) is 1.81. The van der Waals surface area contributed by atoms with Crippen LogP contribution in [-0.2, 0) is 4.74 Å². The first-order chi connectivity index (χ1) is 5.29. The standard InChI is InChI=1S/C8H18N2O/c1-3-8(11-2)7-5-4-6-10(7)9/h7-8H,3-6,9H2,1-2H3. The van der Waals surface area contributed by atoms with Crippen molar-refractivity contribution in [3.8, 4) is 0 Å². The molecule has 0 spiro atoms. The summed E-state index contributed by atoms with van der Waals surface area (Å²) in [6.07, 6.45) is 3.76. The SMILES string of the molecule is CCC(OC)C1CCCN1N. The van der Waals surface area contributed by atoms with Crippen LogP contribution in [0.3, 0.4) is 0 Å². The summed E-state index contributed by atoms with van der Waals surface area (Å²) in [6, 6.07) is 0.449. The summed E-state index contributed by atoms with van der Waals surface area (Å²) >= 11 is 0. The molecular weight excluding hydrogens is 140 g/mol. The third-order valence-corrected chi connectivity index (χ3v) is 2.48. The molecule has 1 heterocycles. The van der Waals surface area contributed by atoms with Crippen LogP contribution in [0.1, 0.15) is 26.2 Å². The van der Waals surface area contributed by atoms with Crippen LogP contribution in [0.15, 0.2) is 0 Å². The Kier molecular flexibility index (Phi) is 3.30. The van der Waals surface area contributed by atoms with Gasteiger partial charge in [-0.15, -0.1) is 0 Å². The maximum absolute atomic E-state index is 5.78. The predicted molar refractivity (Wildman–Crippen MR) is 45.0 cm³/mol. The van der Waals surface area contributed by atoms with Crippen LogP contribution in [0, 0.1) is 0 Å². The van der Waals surface area contributed by atoms with Crippen molar-refractivity contribution in [2.75, 3.05) is 13.7 Å². The molecule has 0 aromatic rings. The molecule has 2 N–H and O–H groups in total. The van der Waals surface area contributed by atoms with Crippen LogP contribution >= 0.6 is 0 Å². The van der Waals surface area contributed by atoms with Crippen molar-refractivity contribution < 1.29 is 4.74 Å². The van der Waals surface area contributed by atoms with Gasteiger partial charge in [-0.25, -0.2) is 5.01 Å². The van der Waals surface area contributed by atoms with Crippen molar-refractivity contribution in [3.63, 3.8) is 0 Å². The summed E-state index contributed by atoms with van der Waals surface area (Å²) in [6.45, 7) is 3.16. The predicted octanol–water partition coefficient (Wildman–Crippen LogP) is 0.750. The molecule has 0 aromatic heterocycles. The molecule has 3 nitrogen and oxygen atoms in total. The minimum Gasteiger partial charge on any atom is -0.380 e. The monoisotopic (exact) mass is 158 g/mol. The summed E-state index contributed by atoms with van der Waals surface area (Å²) in [5, 5.41) is 1.91. The third-order valence-electron chi connectivity index (χ3n) is 2.48. The molecule has 0 radical (unpaired) electrons. The Hall–Kier alpha value is -0.120. The maximum Gasteiger partial charge on any atom is 0.0737 e. The Balaban J connectivity index is 2.43. The van der Waals surface area contributed by atoms with E-state index >= 15 is 0 Å². The summed E-state index contributed by atoms with van der Waals surface area (Å²) in [5.74, 6) is 5.78. The average molecular weight is 158 g/mol. The molecule has 0 amide bonds. The van der Waals surface area contributed by atoms with E-state index in [0.29, 0.717) is 12.1 Å². The molecule has 1 fully saturated rings. The summed E-state index contributed by atoms with van der Waals surface area (Å²) in [5.41, 5.74) is 0. The van der Waals surface area contributed by atoms with E-state index < -0.39 is 0 Å². The second-order valence-corrected chi connectivity index (χ2v) is 3.13. The molecule has 3 heteroatoms. The van der Waals surface area contributed by atoms with Crippen LogP contribution in [0.5, 0.6) is 0 Å². The van der Waals surface area contributed by atoms with Crippen LogP contribution in [0.4, 0.5) is 0 Å². The molecule has 0 saturated carbocycles. The van der Waals surface area contributed by atoms with Gasteiger partial charge in [-0.1, -0.05) is 6.92 Å². The van der Waals surface area contributed by atoms with Gasteiger partial charge in [0.15, 0.2) is 0 Å². The lowest BCUT2D eigenvalue weighted by atomic mass is 10.1. The van der Waals surface area contributed by atoms with E-state index in [2.05, 4.69) is 6.92 Å². The Morgan fingerprint density at radius 1 is 1.73 bits per heavy atom. The lowest BCUT2D eigenvalue weighted by molar-refractivity contribution is 0.0287. The van der Waals surface area contributed by atoms with Gasteiger partial charge in [0, 0.05) is 13.7 Å². The zero-order valence-electron chi connectivity index (χ0n) is 7.42. The maximum atomic E-state index is 5.78. The number of nitrogens with two attached hydrogens (primary N) is 1. The van der Waals surface area contributed by atoms with Crippen molar-refractivity contribution in [1.29, 1.82) is 0 Å². The molecule has 1 rings (SSSR count). The van der Waals surface area contributed by atoms with Crippen LogP contribution in [0.25, 0.3) is 0 Å². The third kappa shape index (κ3) is 1.92. The molecule has 2 unspecified atom stereocenters. The van der Waals surface area contributed by atoms with Crippen molar-refractivity contribution in [2.24, 2.45) is 5.84 Å². The zero-order chi connectivity index (χ0) is 8.27. The fraction of sp³-hybridized carbons (Fsp3) is 1.00. The van der Waals surface area contributed by atoms with Gasteiger partial charge in [0.25, 0.3) is 0 Å². The van der Waals surface area contributed by atoms with E-state index in [0.717, 1.165) is 13.0 Å². The van der Waals surface area contributed by atoms with E-state index in [1.54, 1.807) is 7.11 Å². The normalized spacial score (nSPS) is 29.2. The van der Waals surface area contributed by atoms with Crippen LogP contribution < -0.4 is 5.84 Å². The molecule has 0 bridgehead atoms. The number of hydrogen-bond acceptors (Lipinski definition) is 3. The molecule has 0 aliphatic carbocycles. The molecule has 2 atom stereocenters. The van der Waals surface area contributed by atoms with Crippen molar-refractivity contribution in [1.82, 2.24) is 5.01 Å². The highest BCUT2D eigenvalue weighted by molar-refractivity contribution is 4.81. The molecule has 66 valence electrons. The fourth-order valence-corrected chi connectivity index (χ4v) is 1.81. The smallest absolute Gasteiger partial charge is 0.0737 e. The average Bonchev–Trinajstić information content (AvgIpc) is 2.40. The van der Waals surface area contributed by atoms with E-state index in [1.165, 1.54) is 12.8 Å². The number of hydrogen-bond donors (Lipinski definition) is 1. The Bertz CT molecular complexity index is 115. The van der Waals surface area contributed by atoms with Crippen molar-refractivity contribution >= 4 is 0 Å². The largest absolute Gasteiger partial charge is 0.380 e. The lowest BCUT2D eigenvalue weighted by Crippen LogP contribution is -2.43. The molecule has 0 aromatic carbocycles. The number of nitrogens with zero attached hydrogens (tertiary/aromatic N) is 1. The minimum absolute atomic E-state index is 0.322. The Morgan fingerprint density at radius 2 is 2.45 bits per heavy atom. The van der Waals surface area contributed by atoms with Crippen molar-refractivity contribution in [2.45, 2.75) is 38.3 Å². The van der Waals surface area contributed by atoms with Crippen LogP contribution in [-0.4, -0.2) is 30.8 Å². The van der Waals surface area contributed by atoms with Gasteiger partial charge in [0.1, 0.15) is 0 Å². The summed E-state index contributed by atoms with van der Waals surface area (Å²) in [4.78, 5) is 0. The van der Waals surface area contributed by atoms with Gasteiger partial charge in [-0.2, -0.15) is 0 Å². The second kappa shape index (κ2) is 4.04. The Morgan fingerprint density at radius 3 is 2.82 bits per heavy atom. The number of methoxy groups -OCH3 is 1. The topological polar surface area (TPSA) is 38.5 Å². The highest BCUT2D eigenvalue weighted by Crippen LogP contribution is 2.19. The van der Waals surface area contributed by atoms with E-state index in [4.69, 9.17) is 10.6 Å². The lowest BCUT2D eigenvalue weighted by Gasteiger charge is -2.26. The van der Waals surface area contributed by atoms with Gasteiger partial charge < -0.3 is 4.74 Å². The quantitative estimate of drug-likeness (QED) is 0.616. The Labute approximate surface area is 68.5 Å². The van der Waals surface area contributed by atoms with Gasteiger partial charge >= 0.3 is 0 Å². The first-order valence-electron chi connectivity index (χ1n) is 4.33. The molecule has 11 heavy (non-hydrogen) atoms. The van der Waals surface area contributed by atoms with Crippen molar-refractivity contribution in [3.05, 3.63) is 0 Å². The molecular formula is C8H18N2O. The number of ether oxygens (including phenoxy) is 1. The zero-order valence-corrected chi connectivity index (χ0v) is 7.42. The van der Waals surface area contributed by atoms with Gasteiger partial charge in [-0.3, -0.25) is 5.84 Å². The van der Waals surface area contributed by atoms with E-state index in [9.17, 15) is 0 Å². The van der Waals surface area contributed by atoms with Gasteiger partial charge in [-0.05, 0) is 19.3 Å². The highest BCUT2D eigenvalue weighted by atomic mass is 16.5. The molecule has 1 saturated heterocycles. The number of rotatable bonds is 3. The summed E-state index contributed by atoms with van der Waals surface area (Å²) in [7, 11) is 1.76. The van der Waals surface area contributed by atoms with Gasteiger partial charge in [0.2, 0.25) is 0 Å². The molecule has 1 aliphatic heterocycles. The molecule has 1 aliphatic rings. The van der Waals surface area contributed by atoms with Gasteiger partial charge in [0.05, 0.1) is 12.1 Å².